The third-order valence-corrected chi connectivity index (χ3v) is 8.09. The van der Waals surface area contributed by atoms with Crippen molar-refractivity contribution >= 4 is 32.9 Å². The summed E-state index contributed by atoms with van der Waals surface area (Å²) in [6.07, 6.45) is 5.21. The summed E-state index contributed by atoms with van der Waals surface area (Å²) in [5, 5.41) is 2.16. The number of furan rings is 2. The Labute approximate surface area is 251 Å². The van der Waals surface area contributed by atoms with E-state index in [9.17, 15) is 0 Å². The molecule has 0 saturated heterocycles. The summed E-state index contributed by atoms with van der Waals surface area (Å²) < 4.78 is 20.3. The van der Waals surface area contributed by atoms with E-state index >= 15 is 0 Å². The number of para-hydroxylation sites is 2. The number of nitrogens with zero attached hydrogens (tertiary/aromatic N) is 3. The molecule has 6 nitrogen and oxygen atoms in total. The van der Waals surface area contributed by atoms with Crippen LogP contribution in [-0.2, 0) is 0 Å². The number of hydrogen-bond acceptors (Lipinski definition) is 5. The van der Waals surface area contributed by atoms with E-state index in [0.29, 0.717) is 5.89 Å². The zero-order valence-electron chi connectivity index (χ0n) is 23.3. The van der Waals surface area contributed by atoms with Gasteiger partial charge in [0.2, 0.25) is 5.89 Å². The van der Waals surface area contributed by atoms with Gasteiger partial charge in [0.05, 0.1) is 34.8 Å². The average molecular weight is 570 g/mol. The molecule has 0 amide bonds. The van der Waals surface area contributed by atoms with Gasteiger partial charge in [-0.15, -0.1) is 0 Å². The number of fused-ring (bicyclic) bond motifs is 4. The van der Waals surface area contributed by atoms with Crippen LogP contribution < -0.4 is 0 Å². The minimum absolute atomic E-state index is 0.537. The van der Waals surface area contributed by atoms with Crippen molar-refractivity contribution in [1.29, 1.82) is 0 Å². The Hall–Kier alpha value is -6.14. The summed E-state index contributed by atoms with van der Waals surface area (Å²) >= 11 is 0. The summed E-state index contributed by atoms with van der Waals surface area (Å²) in [7, 11) is 0. The third-order valence-electron chi connectivity index (χ3n) is 8.09. The quantitative estimate of drug-likeness (QED) is 0.206. The topological polar surface area (TPSA) is 70.1 Å². The zero-order chi connectivity index (χ0) is 29.0. The van der Waals surface area contributed by atoms with E-state index < -0.39 is 0 Å². The lowest BCUT2D eigenvalue weighted by molar-refractivity contribution is 0.581. The summed E-state index contributed by atoms with van der Waals surface area (Å²) in [6.45, 7) is 0. The van der Waals surface area contributed by atoms with Gasteiger partial charge >= 0.3 is 0 Å². The molecule has 6 heteroatoms. The molecule has 0 aliphatic heterocycles. The molecule has 9 aromatic rings. The lowest BCUT2D eigenvalue weighted by Gasteiger charge is -2.11. The molecule has 5 aromatic heterocycles. The standard InChI is InChI=1S/C38H23N3O3/c1-2-12-37-32(11-1)40-38(44-37)30-23-34-28(22-29(30)36-14-7-19-43-36)27-21-25(35-13-6-18-42-35)15-16-33(27)41(34)26-9-5-8-24(20-26)31-10-3-4-17-39-31/h1-23H. The lowest BCUT2D eigenvalue weighted by atomic mass is 10.00. The first-order valence-corrected chi connectivity index (χ1v) is 14.4. The molecule has 0 saturated carbocycles. The van der Waals surface area contributed by atoms with Gasteiger partial charge in [-0.3, -0.25) is 4.98 Å². The molecule has 0 N–H and O–H groups in total. The molecule has 0 radical (unpaired) electrons. The monoisotopic (exact) mass is 569 g/mol. The predicted molar refractivity (Wildman–Crippen MR) is 172 cm³/mol. The Balaban J connectivity index is 1.37. The summed E-state index contributed by atoms with van der Waals surface area (Å²) in [5.74, 6) is 2.10. The Morgan fingerprint density at radius 3 is 2.23 bits per heavy atom. The number of rotatable bonds is 5. The molecule has 0 spiro atoms. The number of hydrogen-bond donors (Lipinski definition) is 0. The Morgan fingerprint density at radius 2 is 1.41 bits per heavy atom. The van der Waals surface area contributed by atoms with Crippen LogP contribution in [0.1, 0.15) is 0 Å². The van der Waals surface area contributed by atoms with Crippen molar-refractivity contribution in [3.05, 3.63) is 140 Å². The van der Waals surface area contributed by atoms with Gasteiger partial charge in [-0.05, 0) is 91.0 Å². The SMILES string of the molecule is c1ccc(-c2cccc(-n3c4ccc(-c5ccco5)cc4c4cc(-c5ccco5)c(-c5nc6ccccc6o5)cc43)c2)nc1. The highest BCUT2D eigenvalue weighted by Gasteiger charge is 2.22. The zero-order valence-corrected chi connectivity index (χ0v) is 23.3. The fourth-order valence-corrected chi connectivity index (χ4v) is 6.08. The van der Waals surface area contributed by atoms with Crippen LogP contribution >= 0.6 is 0 Å². The maximum absolute atomic E-state index is 6.32. The van der Waals surface area contributed by atoms with Gasteiger partial charge in [0.15, 0.2) is 5.58 Å². The second-order valence-corrected chi connectivity index (χ2v) is 10.7. The first kappa shape index (κ1) is 24.5. The molecule has 5 heterocycles. The first-order valence-electron chi connectivity index (χ1n) is 14.4. The van der Waals surface area contributed by atoms with E-state index in [1.165, 1.54) is 0 Å². The number of oxazole rings is 1. The van der Waals surface area contributed by atoms with Crippen LogP contribution in [0.2, 0.25) is 0 Å². The molecule has 9 rings (SSSR count). The predicted octanol–water partition coefficient (Wildman–Crippen LogP) is 10.2. The smallest absolute Gasteiger partial charge is 0.228 e. The third kappa shape index (κ3) is 3.89. The summed E-state index contributed by atoms with van der Waals surface area (Å²) in [6, 6.07) is 40.8. The molecule has 4 aromatic carbocycles. The van der Waals surface area contributed by atoms with Gasteiger partial charge in [0.1, 0.15) is 17.0 Å². The molecular weight excluding hydrogens is 546 g/mol. The molecule has 0 aliphatic carbocycles. The van der Waals surface area contributed by atoms with Gasteiger partial charge in [-0.25, -0.2) is 4.98 Å². The second-order valence-electron chi connectivity index (χ2n) is 10.7. The van der Waals surface area contributed by atoms with Gasteiger partial charge in [-0.2, -0.15) is 0 Å². The largest absolute Gasteiger partial charge is 0.464 e. The maximum atomic E-state index is 6.32. The lowest BCUT2D eigenvalue weighted by Crippen LogP contribution is -1.95. The van der Waals surface area contributed by atoms with Gasteiger partial charge in [-0.1, -0.05) is 30.3 Å². The van der Waals surface area contributed by atoms with Crippen LogP contribution in [-0.4, -0.2) is 14.5 Å². The Kier molecular flexibility index (Phi) is 5.40. The average Bonchev–Trinajstić information content (AvgIpc) is 3.90. The van der Waals surface area contributed by atoms with E-state index in [1.807, 2.05) is 72.9 Å². The van der Waals surface area contributed by atoms with Crippen molar-refractivity contribution < 1.29 is 13.3 Å². The van der Waals surface area contributed by atoms with E-state index in [1.54, 1.807) is 12.5 Å². The van der Waals surface area contributed by atoms with Crippen molar-refractivity contribution in [2.75, 3.05) is 0 Å². The van der Waals surface area contributed by atoms with Gasteiger partial charge < -0.3 is 17.8 Å². The van der Waals surface area contributed by atoms with Crippen LogP contribution in [0.4, 0.5) is 0 Å². The van der Waals surface area contributed by atoms with Crippen molar-refractivity contribution in [2.24, 2.45) is 0 Å². The van der Waals surface area contributed by atoms with Crippen LogP contribution in [0.5, 0.6) is 0 Å². The van der Waals surface area contributed by atoms with Crippen LogP contribution in [0.15, 0.2) is 153 Å². The number of benzene rings is 4. The minimum atomic E-state index is 0.537. The molecule has 208 valence electrons. The van der Waals surface area contributed by atoms with Crippen LogP contribution in [0, 0.1) is 0 Å². The highest BCUT2D eigenvalue weighted by atomic mass is 16.3. The van der Waals surface area contributed by atoms with Crippen LogP contribution in [0.3, 0.4) is 0 Å². The molecule has 0 fully saturated rings. The van der Waals surface area contributed by atoms with Crippen molar-refractivity contribution in [3.63, 3.8) is 0 Å². The molecule has 0 aliphatic rings. The minimum Gasteiger partial charge on any atom is -0.464 e. The highest BCUT2D eigenvalue weighted by molar-refractivity contribution is 6.13. The highest BCUT2D eigenvalue weighted by Crippen LogP contribution is 2.42. The number of aromatic nitrogens is 3. The second kappa shape index (κ2) is 9.71. The molecular formula is C38H23N3O3. The Bertz CT molecular complexity index is 2400. The Morgan fingerprint density at radius 1 is 0.568 bits per heavy atom. The first-order chi connectivity index (χ1) is 21.8. The van der Waals surface area contributed by atoms with E-state index in [4.69, 9.17) is 18.2 Å². The summed E-state index contributed by atoms with van der Waals surface area (Å²) in [4.78, 5) is 9.48. The van der Waals surface area contributed by atoms with Crippen molar-refractivity contribution in [2.45, 2.75) is 0 Å². The van der Waals surface area contributed by atoms with Crippen molar-refractivity contribution in [1.82, 2.24) is 14.5 Å². The fourth-order valence-electron chi connectivity index (χ4n) is 6.08. The number of pyridine rings is 1. The van der Waals surface area contributed by atoms with Crippen molar-refractivity contribution in [3.8, 4) is 51.0 Å². The molecule has 44 heavy (non-hydrogen) atoms. The van der Waals surface area contributed by atoms with Gasteiger partial charge in [0.25, 0.3) is 0 Å². The maximum Gasteiger partial charge on any atom is 0.228 e. The fraction of sp³-hybridized carbons (Fsp3) is 0. The molecule has 0 bridgehead atoms. The van der Waals surface area contributed by atoms with E-state index in [-0.39, 0.29) is 0 Å². The van der Waals surface area contributed by atoms with E-state index in [0.717, 1.165) is 78.1 Å². The summed E-state index contributed by atoms with van der Waals surface area (Å²) in [5.41, 5.74) is 9.35. The molecule has 0 atom stereocenters. The van der Waals surface area contributed by atoms with E-state index in [2.05, 4.69) is 64.1 Å². The molecule has 0 unspecified atom stereocenters. The van der Waals surface area contributed by atoms with Gasteiger partial charge in [0, 0.05) is 39.3 Å². The normalized spacial score (nSPS) is 11.6. The van der Waals surface area contributed by atoms with Crippen LogP contribution in [0.25, 0.3) is 84.0 Å².